The van der Waals surface area contributed by atoms with Crippen LogP contribution in [0.4, 0.5) is 0 Å². The molecule has 2 unspecified atom stereocenters. The number of nitrogens with two attached hydrogens (primary N) is 1. The van der Waals surface area contributed by atoms with Gasteiger partial charge < -0.3 is 64.8 Å². The Morgan fingerprint density at radius 3 is 1.84 bits per heavy atom. The molecule has 0 aliphatic rings. The third kappa shape index (κ3) is 28.7. The van der Waals surface area contributed by atoms with Gasteiger partial charge in [-0.05, 0) is 38.8 Å². The summed E-state index contributed by atoms with van der Waals surface area (Å²) in [6.07, 6.45) is 2.14. The van der Waals surface area contributed by atoms with E-state index >= 15 is 0 Å². The summed E-state index contributed by atoms with van der Waals surface area (Å²) >= 11 is 0. The molecule has 0 aromatic carbocycles. The van der Waals surface area contributed by atoms with Crippen molar-refractivity contribution < 1.29 is 48.5 Å². The Hall–Kier alpha value is -0.126. The van der Waals surface area contributed by atoms with Crippen molar-refractivity contribution in [1.82, 2.24) is 15.5 Å². The molecule has 224 valence electrons. The quantitative estimate of drug-likeness (QED) is 0.0330. The zero-order chi connectivity index (χ0) is 28.0. The molecule has 12 N–H and O–H groups in total. The summed E-state index contributed by atoms with van der Waals surface area (Å²) in [5.74, 6) is 0. The molecule has 0 saturated heterocycles. The molecule has 0 aliphatic heterocycles. The van der Waals surface area contributed by atoms with Gasteiger partial charge in [-0.3, -0.25) is 4.90 Å². The number of hydrogen-bond acceptors (Lipinski definition) is 14. The van der Waals surface area contributed by atoms with E-state index in [0.717, 1.165) is 52.0 Å². The lowest BCUT2D eigenvalue weighted by molar-refractivity contribution is 0.0160. The molecule has 0 aromatic heterocycles. The number of nitrogens with one attached hydrogen (secondary N) is 2. The van der Waals surface area contributed by atoms with Gasteiger partial charge in [-0.2, -0.15) is 0 Å². The lowest BCUT2D eigenvalue weighted by Crippen LogP contribution is -2.40. The van der Waals surface area contributed by atoms with Crippen LogP contribution in [0.15, 0.2) is 0 Å². The molecule has 0 amide bonds. The number of rotatable bonds is 27. The van der Waals surface area contributed by atoms with Crippen LogP contribution < -0.4 is 16.4 Å². The highest BCUT2D eigenvalue weighted by molar-refractivity contribution is 6.56. The molecule has 14 nitrogen and oxygen atoms in total. The van der Waals surface area contributed by atoms with Crippen molar-refractivity contribution >= 4 is 17.6 Å². The average molecular weight is 577 g/mol. The molecular formula is C21H52N4O10Si2. The molecule has 0 saturated carbocycles. The van der Waals surface area contributed by atoms with Gasteiger partial charge in [0.25, 0.3) is 0 Å². The van der Waals surface area contributed by atoms with Crippen molar-refractivity contribution in [2.75, 3.05) is 78.8 Å². The highest BCUT2D eigenvalue weighted by atomic mass is 28.4. The van der Waals surface area contributed by atoms with Crippen molar-refractivity contribution in [1.29, 1.82) is 0 Å². The lowest BCUT2D eigenvalue weighted by atomic mass is 10.2. The molecule has 0 heterocycles. The van der Waals surface area contributed by atoms with Gasteiger partial charge in [0, 0.05) is 64.6 Å². The molecule has 0 bridgehead atoms. The molecule has 0 rings (SSSR count). The van der Waals surface area contributed by atoms with E-state index in [0.29, 0.717) is 32.5 Å². The molecule has 37 heavy (non-hydrogen) atoms. The predicted octanol–water partition coefficient (Wildman–Crippen LogP) is -4.04. The Labute approximate surface area is 222 Å². The summed E-state index contributed by atoms with van der Waals surface area (Å²) in [4.78, 5) is 55.9. The van der Waals surface area contributed by atoms with Crippen LogP contribution in [0.5, 0.6) is 0 Å². The standard InChI is InChI=1S/C21H52N4O10Si2/c22-6-8-23-9-11-25(17-21(27)19-35-13-5-15-37(31,32)33)10-3-1-2-7-24-16-20(26)18-34-12-4-14-36(28,29)30/h20-21,23-24,26-33H,1-19,22H2. The minimum Gasteiger partial charge on any atom is -0.390 e. The number of ether oxygens (including phenoxy) is 2. The predicted molar refractivity (Wildman–Crippen MR) is 142 cm³/mol. The number of nitrogens with zero attached hydrogens (tertiary/aromatic N) is 1. The maximum atomic E-state index is 10.3. The van der Waals surface area contributed by atoms with Crippen molar-refractivity contribution in [3.8, 4) is 0 Å². The van der Waals surface area contributed by atoms with Crippen LogP contribution in [0.2, 0.25) is 12.1 Å². The monoisotopic (exact) mass is 576 g/mol. The smallest absolute Gasteiger partial charge is 0.390 e. The van der Waals surface area contributed by atoms with Crippen LogP contribution in [0.25, 0.3) is 0 Å². The summed E-state index contributed by atoms with van der Waals surface area (Å²) in [6.45, 7) is 5.94. The number of aliphatic hydroxyl groups excluding tert-OH is 2. The van der Waals surface area contributed by atoms with E-state index in [1.54, 1.807) is 0 Å². The van der Waals surface area contributed by atoms with E-state index in [1.807, 2.05) is 0 Å². The summed E-state index contributed by atoms with van der Waals surface area (Å²) in [5.41, 5.74) is 5.51. The highest BCUT2D eigenvalue weighted by Gasteiger charge is 2.26. The largest absolute Gasteiger partial charge is 0.492 e. The molecule has 2 atom stereocenters. The van der Waals surface area contributed by atoms with Crippen LogP contribution >= 0.6 is 0 Å². The van der Waals surface area contributed by atoms with Crippen LogP contribution in [-0.2, 0) is 9.47 Å². The fourth-order valence-electron chi connectivity index (χ4n) is 3.46. The molecule has 0 fully saturated rings. The average Bonchev–Trinajstić information content (AvgIpc) is 2.79. The van der Waals surface area contributed by atoms with Crippen molar-refractivity contribution in [2.45, 2.75) is 56.4 Å². The van der Waals surface area contributed by atoms with Gasteiger partial charge in [0.1, 0.15) is 0 Å². The van der Waals surface area contributed by atoms with E-state index in [2.05, 4.69) is 15.5 Å². The fourth-order valence-corrected chi connectivity index (χ4v) is 4.70. The molecule has 0 radical (unpaired) electrons. The van der Waals surface area contributed by atoms with E-state index in [4.69, 9.17) is 44.0 Å². The summed E-state index contributed by atoms with van der Waals surface area (Å²) in [7, 11) is -8.05. The molecule has 0 aliphatic carbocycles. The zero-order valence-electron chi connectivity index (χ0n) is 22.0. The van der Waals surface area contributed by atoms with Crippen molar-refractivity contribution in [3.63, 3.8) is 0 Å². The van der Waals surface area contributed by atoms with Gasteiger partial charge in [0.05, 0.1) is 25.4 Å². The number of hydrogen-bond donors (Lipinski definition) is 11. The summed E-state index contributed by atoms with van der Waals surface area (Å²) in [6, 6.07) is -0.173. The number of aliphatic hydroxyl groups is 2. The van der Waals surface area contributed by atoms with Crippen LogP contribution in [0.1, 0.15) is 32.1 Å². The minimum absolute atomic E-state index is 0.0837. The maximum Gasteiger partial charge on any atom is 0.492 e. The Balaban J connectivity index is 3.97. The first-order valence-corrected chi connectivity index (χ1v) is 17.2. The summed E-state index contributed by atoms with van der Waals surface area (Å²) in [5, 5.41) is 26.6. The first-order chi connectivity index (χ1) is 17.4. The first-order valence-electron chi connectivity index (χ1n) is 13.1. The number of unbranched alkanes of at least 4 members (excludes halogenated alkanes) is 2. The van der Waals surface area contributed by atoms with Crippen molar-refractivity contribution in [3.05, 3.63) is 0 Å². The highest BCUT2D eigenvalue weighted by Crippen LogP contribution is 2.04. The van der Waals surface area contributed by atoms with Crippen LogP contribution in [-0.4, -0.2) is 152 Å². The first kappa shape index (κ1) is 36.9. The molecular weight excluding hydrogens is 524 g/mol. The van der Waals surface area contributed by atoms with Crippen LogP contribution in [0, 0.1) is 0 Å². The molecule has 0 spiro atoms. The SMILES string of the molecule is NCCNCCN(CCCCCNCC(O)COCCC[Si](O)(O)O)CC(O)COCCC[Si](O)(O)O. The van der Waals surface area contributed by atoms with Gasteiger partial charge in [-0.15, -0.1) is 0 Å². The minimum atomic E-state index is -4.04. The van der Waals surface area contributed by atoms with Gasteiger partial charge >= 0.3 is 17.6 Å². The Morgan fingerprint density at radius 2 is 1.27 bits per heavy atom. The second-order valence-corrected chi connectivity index (χ2v) is 13.4. The van der Waals surface area contributed by atoms with Crippen LogP contribution in [0.3, 0.4) is 0 Å². The zero-order valence-corrected chi connectivity index (χ0v) is 24.0. The second kappa shape index (κ2) is 22.7. The lowest BCUT2D eigenvalue weighted by Gasteiger charge is -2.25. The molecule has 16 heteroatoms. The Kier molecular flexibility index (Phi) is 22.6. The third-order valence-electron chi connectivity index (χ3n) is 5.32. The summed E-state index contributed by atoms with van der Waals surface area (Å²) < 4.78 is 10.7. The van der Waals surface area contributed by atoms with E-state index < -0.39 is 29.8 Å². The van der Waals surface area contributed by atoms with E-state index in [1.165, 1.54) is 0 Å². The van der Waals surface area contributed by atoms with Gasteiger partial charge in [-0.25, -0.2) is 0 Å². The van der Waals surface area contributed by atoms with E-state index in [-0.39, 0.29) is 38.5 Å². The third-order valence-corrected chi connectivity index (χ3v) is 7.37. The van der Waals surface area contributed by atoms with Crippen molar-refractivity contribution in [2.24, 2.45) is 5.73 Å². The van der Waals surface area contributed by atoms with Gasteiger partial charge in [0.15, 0.2) is 0 Å². The normalized spacial score (nSPS) is 14.4. The Morgan fingerprint density at radius 1 is 0.676 bits per heavy atom. The van der Waals surface area contributed by atoms with Gasteiger partial charge in [-0.1, -0.05) is 6.42 Å². The van der Waals surface area contributed by atoms with Gasteiger partial charge in [0.2, 0.25) is 0 Å². The topological polar surface area (TPSA) is 234 Å². The Bertz CT molecular complexity index is 519. The second-order valence-electron chi connectivity index (χ2n) is 9.32. The fraction of sp³-hybridized carbons (Fsp3) is 1.00. The maximum absolute atomic E-state index is 10.3. The van der Waals surface area contributed by atoms with E-state index in [9.17, 15) is 10.2 Å². The molecule has 0 aromatic rings.